The molecule has 2 heterocycles. The zero-order valence-corrected chi connectivity index (χ0v) is 20.4. The molecule has 0 saturated carbocycles. The smallest absolute Gasteiger partial charge is 0.350 e. The maximum atomic E-state index is 13.9. The number of carbonyl (C=O) groups excluding carboxylic acids is 2. The Bertz CT molecular complexity index is 1600. The van der Waals surface area contributed by atoms with Crippen molar-refractivity contribution in [2.24, 2.45) is 0 Å². The molecule has 0 aliphatic carbocycles. The monoisotopic (exact) mass is 494 g/mol. The molecule has 0 aliphatic heterocycles. The van der Waals surface area contributed by atoms with Crippen LogP contribution in [0.25, 0.3) is 16.7 Å². The van der Waals surface area contributed by atoms with Gasteiger partial charge in [0.1, 0.15) is 12.4 Å². The van der Waals surface area contributed by atoms with Crippen LogP contribution in [0.4, 0.5) is 10.1 Å². The standard InChI is InChI=1S/C25H27FN6O4/c1-5-15(4)27-22(34)16-10-11-17-20(12-16)32-24(31(14(2)3)23(17)35)29-30(25(32)36)13-21(33)28-19-9-7-6-8-18(19)26/h6-12,14-15H,5,13H2,1-4H3,(H,27,34)(H,28,33). The Morgan fingerprint density at radius 3 is 2.47 bits per heavy atom. The van der Waals surface area contributed by atoms with E-state index in [1.165, 1.54) is 45.4 Å². The molecule has 36 heavy (non-hydrogen) atoms. The van der Waals surface area contributed by atoms with Gasteiger partial charge >= 0.3 is 5.69 Å². The lowest BCUT2D eigenvalue weighted by molar-refractivity contribution is -0.117. The lowest BCUT2D eigenvalue weighted by Gasteiger charge is -2.14. The van der Waals surface area contributed by atoms with Crippen LogP contribution in [0.1, 0.15) is 50.5 Å². The summed E-state index contributed by atoms with van der Waals surface area (Å²) in [6.45, 7) is 6.86. The van der Waals surface area contributed by atoms with Gasteiger partial charge in [-0.05, 0) is 57.5 Å². The molecule has 1 unspecified atom stereocenters. The highest BCUT2D eigenvalue weighted by molar-refractivity contribution is 5.98. The fourth-order valence-electron chi connectivity index (χ4n) is 3.89. The van der Waals surface area contributed by atoms with Crippen molar-refractivity contribution in [3.05, 3.63) is 74.7 Å². The minimum atomic E-state index is -0.674. The van der Waals surface area contributed by atoms with Crippen LogP contribution in [0.3, 0.4) is 0 Å². The number of rotatable bonds is 7. The van der Waals surface area contributed by atoms with Crippen molar-refractivity contribution in [2.75, 3.05) is 5.32 Å². The Hall–Kier alpha value is -4.28. The first kappa shape index (κ1) is 24.8. The molecule has 0 aliphatic rings. The summed E-state index contributed by atoms with van der Waals surface area (Å²) in [4.78, 5) is 52.0. The fraction of sp³-hybridized carbons (Fsp3) is 0.320. The van der Waals surface area contributed by atoms with E-state index >= 15 is 0 Å². The Morgan fingerprint density at radius 2 is 1.81 bits per heavy atom. The Balaban J connectivity index is 1.85. The van der Waals surface area contributed by atoms with Gasteiger partial charge in [0.25, 0.3) is 11.5 Å². The lowest BCUT2D eigenvalue weighted by atomic mass is 10.1. The third-order valence-electron chi connectivity index (χ3n) is 5.94. The number of hydrogen-bond acceptors (Lipinski definition) is 5. The Morgan fingerprint density at radius 1 is 1.08 bits per heavy atom. The molecule has 10 nitrogen and oxygen atoms in total. The maximum Gasteiger partial charge on any atom is 0.352 e. The number of aromatic nitrogens is 4. The van der Waals surface area contributed by atoms with E-state index in [1.54, 1.807) is 19.9 Å². The Labute approximate surface area is 205 Å². The normalized spacial score (nSPS) is 12.3. The number of fused-ring (bicyclic) bond motifs is 3. The zero-order chi connectivity index (χ0) is 26.1. The number of benzene rings is 2. The molecule has 2 aromatic heterocycles. The first-order valence-corrected chi connectivity index (χ1v) is 11.7. The van der Waals surface area contributed by atoms with Gasteiger partial charge in [-0.2, -0.15) is 0 Å². The summed E-state index contributed by atoms with van der Waals surface area (Å²) in [7, 11) is 0. The third-order valence-corrected chi connectivity index (χ3v) is 5.94. The average Bonchev–Trinajstić information content (AvgIpc) is 3.15. The summed E-state index contributed by atoms with van der Waals surface area (Å²) < 4.78 is 17.4. The summed E-state index contributed by atoms with van der Waals surface area (Å²) in [6.07, 6.45) is 0.740. The number of nitrogens with one attached hydrogen (secondary N) is 2. The first-order chi connectivity index (χ1) is 17.1. The summed E-state index contributed by atoms with van der Waals surface area (Å²) >= 11 is 0. The van der Waals surface area contributed by atoms with Crippen LogP contribution in [0.5, 0.6) is 0 Å². The molecule has 0 radical (unpaired) electrons. The highest BCUT2D eigenvalue weighted by Gasteiger charge is 2.21. The molecule has 1 atom stereocenters. The molecule has 2 aromatic carbocycles. The molecule has 0 spiro atoms. The number of anilines is 1. The molecule has 4 aromatic rings. The van der Waals surface area contributed by atoms with Crippen LogP contribution >= 0.6 is 0 Å². The molecule has 188 valence electrons. The van der Waals surface area contributed by atoms with E-state index in [0.29, 0.717) is 0 Å². The van der Waals surface area contributed by atoms with Gasteiger partial charge in [-0.1, -0.05) is 19.1 Å². The lowest BCUT2D eigenvalue weighted by Crippen LogP contribution is -2.32. The molecule has 11 heteroatoms. The number of carbonyl (C=O) groups is 2. The second kappa shape index (κ2) is 9.76. The second-order valence-electron chi connectivity index (χ2n) is 8.89. The minimum Gasteiger partial charge on any atom is -0.350 e. The van der Waals surface area contributed by atoms with Gasteiger partial charge < -0.3 is 10.6 Å². The van der Waals surface area contributed by atoms with Crippen LogP contribution in [0.2, 0.25) is 0 Å². The maximum absolute atomic E-state index is 13.9. The Kier molecular flexibility index (Phi) is 6.73. The zero-order valence-electron chi connectivity index (χ0n) is 20.4. The van der Waals surface area contributed by atoms with Crippen LogP contribution in [-0.4, -0.2) is 36.6 Å². The largest absolute Gasteiger partial charge is 0.352 e. The van der Waals surface area contributed by atoms with Gasteiger partial charge in [0.2, 0.25) is 11.7 Å². The predicted octanol–water partition coefficient (Wildman–Crippen LogP) is 2.70. The van der Waals surface area contributed by atoms with E-state index in [1.807, 2.05) is 13.8 Å². The molecular formula is C25H27FN6O4. The van der Waals surface area contributed by atoms with E-state index < -0.39 is 24.0 Å². The van der Waals surface area contributed by atoms with Crippen molar-refractivity contribution < 1.29 is 14.0 Å². The van der Waals surface area contributed by atoms with Crippen molar-refractivity contribution >= 4 is 34.2 Å². The summed E-state index contributed by atoms with van der Waals surface area (Å²) in [6, 6.07) is 9.78. The summed E-state index contributed by atoms with van der Waals surface area (Å²) in [5.41, 5.74) is -0.597. The number of nitrogens with zero attached hydrogens (tertiary/aromatic N) is 4. The predicted molar refractivity (Wildman–Crippen MR) is 134 cm³/mol. The van der Waals surface area contributed by atoms with Crippen LogP contribution in [0, 0.1) is 5.82 Å². The van der Waals surface area contributed by atoms with Crippen molar-refractivity contribution in [1.82, 2.24) is 24.1 Å². The number of hydrogen-bond donors (Lipinski definition) is 2. The molecule has 0 saturated heterocycles. The number of amides is 2. The van der Waals surface area contributed by atoms with E-state index in [9.17, 15) is 23.6 Å². The summed E-state index contributed by atoms with van der Waals surface area (Å²) in [5.74, 6) is -1.58. The molecule has 0 fully saturated rings. The molecule has 0 bridgehead atoms. The van der Waals surface area contributed by atoms with Gasteiger partial charge in [0.05, 0.1) is 16.6 Å². The van der Waals surface area contributed by atoms with Crippen molar-refractivity contribution in [3.63, 3.8) is 0 Å². The number of para-hydroxylation sites is 1. The van der Waals surface area contributed by atoms with Gasteiger partial charge in [0, 0.05) is 17.6 Å². The molecular weight excluding hydrogens is 467 g/mol. The highest BCUT2D eigenvalue weighted by atomic mass is 19.1. The van der Waals surface area contributed by atoms with Crippen molar-refractivity contribution in [1.29, 1.82) is 0 Å². The highest BCUT2D eigenvalue weighted by Crippen LogP contribution is 2.17. The van der Waals surface area contributed by atoms with Gasteiger partial charge in [-0.15, -0.1) is 5.10 Å². The topological polar surface area (TPSA) is 120 Å². The van der Waals surface area contributed by atoms with E-state index in [4.69, 9.17) is 0 Å². The van der Waals surface area contributed by atoms with Gasteiger partial charge in [-0.25, -0.2) is 18.3 Å². The first-order valence-electron chi connectivity index (χ1n) is 11.7. The SMILES string of the molecule is CCC(C)NC(=O)c1ccc2c(=O)n(C(C)C)c3nn(CC(=O)Nc4ccccc4F)c(=O)n3c2c1. The molecule has 4 rings (SSSR count). The average molecular weight is 495 g/mol. The van der Waals surface area contributed by atoms with Crippen LogP contribution in [0.15, 0.2) is 52.1 Å². The third kappa shape index (κ3) is 4.51. The summed E-state index contributed by atoms with van der Waals surface area (Å²) in [5, 5.41) is 9.77. The minimum absolute atomic E-state index is 0.0270. The number of halogens is 1. The van der Waals surface area contributed by atoms with E-state index in [2.05, 4.69) is 15.7 Å². The van der Waals surface area contributed by atoms with E-state index in [-0.39, 0.29) is 51.5 Å². The fourth-order valence-corrected chi connectivity index (χ4v) is 3.89. The van der Waals surface area contributed by atoms with Gasteiger partial charge in [0.15, 0.2) is 0 Å². The molecule has 2 N–H and O–H groups in total. The van der Waals surface area contributed by atoms with Crippen LogP contribution < -0.4 is 21.9 Å². The quantitative estimate of drug-likeness (QED) is 0.409. The van der Waals surface area contributed by atoms with Gasteiger partial charge in [-0.3, -0.25) is 19.0 Å². The molecule has 2 amide bonds. The second-order valence-corrected chi connectivity index (χ2v) is 8.89. The van der Waals surface area contributed by atoms with Crippen molar-refractivity contribution in [3.8, 4) is 0 Å². The van der Waals surface area contributed by atoms with E-state index in [0.717, 1.165) is 11.1 Å². The van der Waals surface area contributed by atoms with Crippen LogP contribution in [-0.2, 0) is 11.3 Å². The van der Waals surface area contributed by atoms with Crippen molar-refractivity contribution in [2.45, 2.75) is 52.7 Å².